The molecule has 0 saturated heterocycles. The van der Waals surface area contributed by atoms with Crippen molar-refractivity contribution in [1.29, 1.82) is 0 Å². The van der Waals surface area contributed by atoms with E-state index in [9.17, 15) is 9.90 Å². The van der Waals surface area contributed by atoms with Gasteiger partial charge in [-0.05, 0) is 70.6 Å². The highest BCUT2D eigenvalue weighted by Crippen LogP contribution is 2.12. The number of carbonyl (C=O) groups is 1. The number of esters is 1. The van der Waals surface area contributed by atoms with E-state index in [-0.39, 0.29) is 19.2 Å². The van der Waals surface area contributed by atoms with Gasteiger partial charge < -0.3 is 14.6 Å². The first kappa shape index (κ1) is 44.4. The Labute approximate surface area is 286 Å². The van der Waals surface area contributed by atoms with Crippen LogP contribution in [0.5, 0.6) is 0 Å². The van der Waals surface area contributed by atoms with Crippen molar-refractivity contribution in [1.82, 2.24) is 0 Å². The lowest BCUT2D eigenvalue weighted by Gasteiger charge is -2.15. The van der Waals surface area contributed by atoms with Crippen molar-refractivity contribution < 1.29 is 19.4 Å². The quantitative estimate of drug-likeness (QED) is 0.0419. The SMILES string of the molecule is CCC/C=C\CCCCCCCC(=O)OC(CO)COCCCCCCCCCCC/C=C\C/C=C\C/C=C\CCCCCCC. The van der Waals surface area contributed by atoms with Crippen molar-refractivity contribution in [3.8, 4) is 0 Å². The zero-order chi connectivity index (χ0) is 33.4. The molecule has 4 heteroatoms. The minimum Gasteiger partial charge on any atom is -0.457 e. The van der Waals surface area contributed by atoms with E-state index in [0.29, 0.717) is 13.0 Å². The molecule has 0 spiro atoms. The van der Waals surface area contributed by atoms with Crippen molar-refractivity contribution in [2.75, 3.05) is 19.8 Å². The van der Waals surface area contributed by atoms with E-state index in [1.54, 1.807) is 0 Å². The predicted octanol–water partition coefficient (Wildman–Crippen LogP) is 12.7. The van der Waals surface area contributed by atoms with E-state index in [1.165, 1.54) is 122 Å². The molecule has 0 amide bonds. The summed E-state index contributed by atoms with van der Waals surface area (Å²) in [6.07, 6.45) is 50.2. The van der Waals surface area contributed by atoms with Gasteiger partial charge in [0.15, 0.2) is 0 Å². The van der Waals surface area contributed by atoms with Crippen molar-refractivity contribution in [3.63, 3.8) is 0 Å². The molecular formula is C42H76O4. The van der Waals surface area contributed by atoms with Crippen LogP contribution >= 0.6 is 0 Å². The number of aliphatic hydroxyl groups excluding tert-OH is 1. The van der Waals surface area contributed by atoms with E-state index in [4.69, 9.17) is 9.47 Å². The smallest absolute Gasteiger partial charge is 0.306 e. The minimum atomic E-state index is -0.540. The number of allylic oxidation sites excluding steroid dienone is 8. The third kappa shape index (κ3) is 36.8. The van der Waals surface area contributed by atoms with Crippen LogP contribution in [0.2, 0.25) is 0 Å². The lowest BCUT2D eigenvalue weighted by Crippen LogP contribution is -2.27. The zero-order valence-corrected chi connectivity index (χ0v) is 30.6. The Morgan fingerprint density at radius 3 is 1.48 bits per heavy atom. The van der Waals surface area contributed by atoms with Gasteiger partial charge >= 0.3 is 5.97 Å². The molecule has 0 saturated carbocycles. The van der Waals surface area contributed by atoms with Gasteiger partial charge in [-0.3, -0.25) is 4.79 Å². The van der Waals surface area contributed by atoms with Gasteiger partial charge in [0.2, 0.25) is 0 Å². The Morgan fingerprint density at radius 2 is 0.957 bits per heavy atom. The fourth-order valence-corrected chi connectivity index (χ4v) is 5.40. The third-order valence-corrected chi connectivity index (χ3v) is 8.36. The number of aliphatic hydroxyl groups is 1. The standard InChI is InChI=1S/C42H76O4/c1-3-5-7-9-11-13-15-16-17-18-19-20-21-22-23-24-25-26-27-28-30-32-34-36-38-45-40-41(39-43)46-42(44)37-35-33-31-29-14-12-10-8-6-4-2/h8,10,15-16,18-19,21-22,41,43H,3-7,9,11-14,17,20,23-40H2,1-2H3/b10-8-,16-15-,19-18-,22-21-. The fourth-order valence-electron chi connectivity index (χ4n) is 5.40. The van der Waals surface area contributed by atoms with Crippen LogP contribution in [0.4, 0.5) is 0 Å². The highest BCUT2D eigenvalue weighted by molar-refractivity contribution is 5.69. The topological polar surface area (TPSA) is 55.8 Å². The summed E-state index contributed by atoms with van der Waals surface area (Å²) in [5.74, 6) is -0.216. The number of carbonyl (C=O) groups excluding carboxylic acids is 1. The summed E-state index contributed by atoms with van der Waals surface area (Å²) >= 11 is 0. The van der Waals surface area contributed by atoms with Crippen molar-refractivity contribution in [2.24, 2.45) is 0 Å². The van der Waals surface area contributed by atoms with Gasteiger partial charge in [-0.15, -0.1) is 0 Å². The molecule has 0 bridgehead atoms. The van der Waals surface area contributed by atoms with Crippen LogP contribution in [0, 0.1) is 0 Å². The van der Waals surface area contributed by atoms with Crippen LogP contribution < -0.4 is 0 Å². The van der Waals surface area contributed by atoms with Crippen LogP contribution in [0.1, 0.15) is 187 Å². The number of unbranched alkanes of at least 4 members (excludes halogenated alkanes) is 20. The van der Waals surface area contributed by atoms with E-state index < -0.39 is 6.10 Å². The first-order valence-electron chi connectivity index (χ1n) is 19.7. The molecule has 0 aliphatic heterocycles. The molecule has 0 aliphatic rings. The molecule has 0 aromatic heterocycles. The summed E-state index contributed by atoms with van der Waals surface area (Å²) in [5.41, 5.74) is 0. The Balaban J connectivity index is 3.44. The van der Waals surface area contributed by atoms with Gasteiger partial charge in [0.1, 0.15) is 6.10 Å². The summed E-state index contributed by atoms with van der Waals surface area (Å²) in [4.78, 5) is 12.1. The third-order valence-electron chi connectivity index (χ3n) is 8.36. The van der Waals surface area contributed by atoms with Gasteiger partial charge in [0, 0.05) is 13.0 Å². The highest BCUT2D eigenvalue weighted by Gasteiger charge is 2.13. The monoisotopic (exact) mass is 645 g/mol. The summed E-state index contributed by atoms with van der Waals surface area (Å²) in [5, 5.41) is 9.54. The Morgan fingerprint density at radius 1 is 0.522 bits per heavy atom. The maximum absolute atomic E-state index is 12.1. The summed E-state index contributed by atoms with van der Waals surface area (Å²) in [6.45, 7) is 5.25. The lowest BCUT2D eigenvalue weighted by atomic mass is 10.1. The van der Waals surface area contributed by atoms with Crippen LogP contribution in [0.25, 0.3) is 0 Å². The van der Waals surface area contributed by atoms with E-state index in [1.807, 2.05) is 0 Å². The van der Waals surface area contributed by atoms with Crippen molar-refractivity contribution in [2.45, 2.75) is 193 Å². The summed E-state index contributed by atoms with van der Waals surface area (Å²) in [7, 11) is 0. The van der Waals surface area contributed by atoms with Gasteiger partial charge in [-0.25, -0.2) is 0 Å². The van der Waals surface area contributed by atoms with Gasteiger partial charge in [0.05, 0.1) is 13.2 Å². The highest BCUT2D eigenvalue weighted by atomic mass is 16.6. The second-order valence-electron chi connectivity index (χ2n) is 13.0. The summed E-state index contributed by atoms with van der Waals surface area (Å²) in [6, 6.07) is 0. The number of ether oxygens (including phenoxy) is 2. The van der Waals surface area contributed by atoms with Gasteiger partial charge in [0.25, 0.3) is 0 Å². The second-order valence-corrected chi connectivity index (χ2v) is 13.0. The van der Waals surface area contributed by atoms with Crippen LogP contribution in [0.15, 0.2) is 48.6 Å². The molecule has 4 nitrogen and oxygen atoms in total. The molecule has 1 N–H and O–H groups in total. The second kappa shape index (κ2) is 39.5. The maximum atomic E-state index is 12.1. The lowest BCUT2D eigenvalue weighted by molar-refractivity contribution is -0.154. The van der Waals surface area contributed by atoms with Crippen molar-refractivity contribution >= 4 is 5.97 Å². The Kier molecular flexibility index (Phi) is 38.1. The average Bonchev–Trinajstić information content (AvgIpc) is 3.06. The Hall–Kier alpha value is -1.65. The molecule has 0 radical (unpaired) electrons. The van der Waals surface area contributed by atoms with Gasteiger partial charge in [-0.1, -0.05) is 159 Å². The molecule has 1 unspecified atom stereocenters. The predicted molar refractivity (Wildman–Crippen MR) is 200 cm³/mol. The molecule has 46 heavy (non-hydrogen) atoms. The number of hydrogen-bond donors (Lipinski definition) is 1. The van der Waals surface area contributed by atoms with E-state index >= 15 is 0 Å². The molecule has 0 aromatic carbocycles. The average molecular weight is 645 g/mol. The molecular weight excluding hydrogens is 568 g/mol. The van der Waals surface area contributed by atoms with E-state index in [2.05, 4.69) is 62.5 Å². The van der Waals surface area contributed by atoms with Crippen LogP contribution in [0.3, 0.4) is 0 Å². The van der Waals surface area contributed by atoms with Gasteiger partial charge in [-0.2, -0.15) is 0 Å². The largest absolute Gasteiger partial charge is 0.457 e. The van der Waals surface area contributed by atoms with Crippen molar-refractivity contribution in [3.05, 3.63) is 48.6 Å². The molecule has 0 rings (SSSR count). The van der Waals surface area contributed by atoms with Crippen LogP contribution in [-0.2, 0) is 14.3 Å². The molecule has 0 fully saturated rings. The first-order valence-corrected chi connectivity index (χ1v) is 19.7. The molecule has 0 aliphatic carbocycles. The van der Waals surface area contributed by atoms with E-state index in [0.717, 1.165) is 44.9 Å². The molecule has 1 atom stereocenters. The zero-order valence-electron chi connectivity index (χ0n) is 30.6. The normalized spacial score (nSPS) is 12.8. The molecule has 268 valence electrons. The molecule has 0 aromatic rings. The fraction of sp³-hybridized carbons (Fsp3) is 0.786. The summed E-state index contributed by atoms with van der Waals surface area (Å²) < 4.78 is 11.1. The minimum absolute atomic E-state index is 0.178. The number of rotatable bonds is 36. The number of hydrogen-bond acceptors (Lipinski definition) is 4. The molecule has 0 heterocycles. The maximum Gasteiger partial charge on any atom is 0.306 e. The van der Waals surface area contributed by atoms with Crippen LogP contribution in [-0.4, -0.2) is 37.0 Å². The first-order chi connectivity index (χ1) is 22.7. The Bertz CT molecular complexity index is 723.